The number of nitrogen functional groups attached to an aromatic ring is 1. The molecule has 0 radical (unpaired) electrons. The summed E-state index contributed by atoms with van der Waals surface area (Å²) in [6.45, 7) is 0. The van der Waals surface area contributed by atoms with Crippen LogP contribution >= 0.6 is 11.8 Å². The number of amides is 1. The van der Waals surface area contributed by atoms with E-state index in [9.17, 15) is 4.79 Å². The first-order chi connectivity index (χ1) is 9.10. The topological polar surface area (TPSA) is 81.1 Å². The Balaban J connectivity index is 2.36. The molecular weight excluding hydrogens is 258 g/mol. The van der Waals surface area contributed by atoms with Crippen LogP contribution < -0.4 is 16.8 Å². The quantitative estimate of drug-likeness (QED) is 0.591. The Morgan fingerprint density at radius 3 is 2.68 bits per heavy atom. The van der Waals surface area contributed by atoms with Crippen LogP contribution in [0.15, 0.2) is 47.4 Å². The fraction of sp³-hybridized carbons (Fsp3) is 0.0714. The second kappa shape index (κ2) is 5.67. The van der Waals surface area contributed by atoms with Crippen LogP contribution in [0.2, 0.25) is 0 Å². The van der Waals surface area contributed by atoms with E-state index in [0.29, 0.717) is 16.9 Å². The number of anilines is 3. The molecule has 0 atom stereocenters. The summed E-state index contributed by atoms with van der Waals surface area (Å²) in [5.74, 6) is -0.483. The minimum Gasteiger partial charge on any atom is -0.399 e. The Morgan fingerprint density at radius 1 is 1.21 bits per heavy atom. The Bertz CT molecular complexity index is 613. The predicted octanol–water partition coefficient (Wildman–Crippen LogP) is 2.83. The largest absolute Gasteiger partial charge is 0.399 e. The van der Waals surface area contributed by atoms with Crippen LogP contribution in [0.25, 0.3) is 0 Å². The molecule has 2 aromatic rings. The summed E-state index contributed by atoms with van der Waals surface area (Å²) in [6, 6.07) is 12.9. The molecule has 0 aliphatic carbocycles. The minimum absolute atomic E-state index is 0.420. The van der Waals surface area contributed by atoms with E-state index in [4.69, 9.17) is 11.5 Å². The normalized spacial score (nSPS) is 10.2. The average Bonchev–Trinajstić information content (AvgIpc) is 2.38. The van der Waals surface area contributed by atoms with Crippen LogP contribution in [0.1, 0.15) is 10.4 Å². The maximum Gasteiger partial charge on any atom is 0.250 e. The minimum atomic E-state index is -0.483. The molecule has 0 heterocycles. The van der Waals surface area contributed by atoms with Gasteiger partial charge in [-0.3, -0.25) is 4.79 Å². The third kappa shape index (κ3) is 3.20. The highest BCUT2D eigenvalue weighted by atomic mass is 32.2. The molecule has 0 aromatic heterocycles. The zero-order chi connectivity index (χ0) is 13.8. The van der Waals surface area contributed by atoms with Crippen molar-refractivity contribution >= 4 is 34.7 Å². The molecule has 19 heavy (non-hydrogen) atoms. The van der Waals surface area contributed by atoms with E-state index in [0.717, 1.165) is 10.6 Å². The average molecular weight is 273 g/mol. The van der Waals surface area contributed by atoms with Crippen molar-refractivity contribution < 1.29 is 4.79 Å². The lowest BCUT2D eigenvalue weighted by molar-refractivity contribution is 0.100. The van der Waals surface area contributed by atoms with Gasteiger partial charge >= 0.3 is 0 Å². The molecule has 0 aliphatic heterocycles. The van der Waals surface area contributed by atoms with Crippen LogP contribution in [0, 0.1) is 0 Å². The summed E-state index contributed by atoms with van der Waals surface area (Å²) in [5.41, 5.74) is 13.6. The van der Waals surface area contributed by atoms with Crippen LogP contribution in [-0.2, 0) is 0 Å². The number of nitrogens with two attached hydrogens (primary N) is 2. The van der Waals surface area contributed by atoms with Gasteiger partial charge in [-0.15, -0.1) is 11.8 Å². The Morgan fingerprint density at radius 2 is 2.00 bits per heavy atom. The number of hydrogen-bond donors (Lipinski definition) is 3. The molecule has 5 N–H and O–H groups in total. The molecule has 1 amide bonds. The fourth-order valence-electron chi connectivity index (χ4n) is 1.74. The zero-order valence-electron chi connectivity index (χ0n) is 10.5. The predicted molar refractivity (Wildman–Crippen MR) is 80.9 cm³/mol. The summed E-state index contributed by atoms with van der Waals surface area (Å²) < 4.78 is 0. The third-order valence-electron chi connectivity index (χ3n) is 2.66. The van der Waals surface area contributed by atoms with E-state index in [2.05, 4.69) is 5.32 Å². The molecule has 0 aliphatic rings. The number of carbonyl (C=O) groups excluding carboxylic acids is 1. The maximum atomic E-state index is 11.4. The van der Waals surface area contributed by atoms with Crippen molar-refractivity contribution in [3.8, 4) is 0 Å². The molecule has 2 rings (SSSR count). The Labute approximate surface area is 116 Å². The highest BCUT2D eigenvalue weighted by molar-refractivity contribution is 7.98. The summed E-state index contributed by atoms with van der Waals surface area (Å²) in [4.78, 5) is 12.5. The number of benzene rings is 2. The summed E-state index contributed by atoms with van der Waals surface area (Å²) >= 11 is 1.65. The number of thioether (sulfide) groups is 1. The molecule has 4 nitrogen and oxygen atoms in total. The lowest BCUT2D eigenvalue weighted by atomic mass is 10.1. The van der Waals surface area contributed by atoms with E-state index in [1.54, 1.807) is 30.0 Å². The standard InChI is InChI=1S/C14H15N3OS/c1-19-11-4-2-3-10(8-11)17-13-7-9(15)5-6-12(13)14(16)18/h2-8,17H,15H2,1H3,(H2,16,18). The second-order valence-corrected chi connectivity index (χ2v) is 4.91. The Kier molecular flexibility index (Phi) is 3.97. The van der Waals surface area contributed by atoms with E-state index in [-0.39, 0.29) is 0 Å². The van der Waals surface area contributed by atoms with Crippen molar-refractivity contribution in [3.05, 3.63) is 48.0 Å². The van der Waals surface area contributed by atoms with Gasteiger partial charge in [-0.05, 0) is 42.7 Å². The first-order valence-corrected chi connectivity index (χ1v) is 6.93. The summed E-state index contributed by atoms with van der Waals surface area (Å²) in [7, 11) is 0. The molecule has 0 saturated heterocycles. The fourth-order valence-corrected chi connectivity index (χ4v) is 2.20. The van der Waals surface area contributed by atoms with Crippen LogP contribution in [0.4, 0.5) is 17.1 Å². The number of hydrogen-bond acceptors (Lipinski definition) is 4. The van der Waals surface area contributed by atoms with Crippen molar-refractivity contribution in [1.82, 2.24) is 0 Å². The number of carbonyl (C=O) groups is 1. The van der Waals surface area contributed by atoms with E-state index < -0.39 is 5.91 Å². The first-order valence-electron chi connectivity index (χ1n) is 5.70. The SMILES string of the molecule is CSc1cccc(Nc2cc(N)ccc2C(N)=O)c1. The highest BCUT2D eigenvalue weighted by Gasteiger charge is 2.08. The van der Waals surface area contributed by atoms with E-state index >= 15 is 0 Å². The van der Waals surface area contributed by atoms with Crippen LogP contribution in [-0.4, -0.2) is 12.2 Å². The van der Waals surface area contributed by atoms with Gasteiger partial charge in [0.25, 0.3) is 5.91 Å². The lowest BCUT2D eigenvalue weighted by Gasteiger charge is -2.11. The van der Waals surface area contributed by atoms with Gasteiger partial charge in [-0.25, -0.2) is 0 Å². The zero-order valence-corrected chi connectivity index (χ0v) is 11.3. The smallest absolute Gasteiger partial charge is 0.250 e. The molecule has 98 valence electrons. The number of rotatable bonds is 4. The second-order valence-electron chi connectivity index (χ2n) is 4.03. The molecule has 0 unspecified atom stereocenters. The third-order valence-corrected chi connectivity index (χ3v) is 3.38. The number of nitrogens with one attached hydrogen (secondary N) is 1. The van der Waals surface area contributed by atoms with Gasteiger partial charge in [0, 0.05) is 16.3 Å². The molecule has 2 aromatic carbocycles. The van der Waals surface area contributed by atoms with Gasteiger partial charge in [0.2, 0.25) is 0 Å². The van der Waals surface area contributed by atoms with E-state index in [1.807, 2.05) is 30.5 Å². The summed E-state index contributed by atoms with van der Waals surface area (Å²) in [6.07, 6.45) is 2.01. The van der Waals surface area contributed by atoms with Crippen LogP contribution in [0.3, 0.4) is 0 Å². The van der Waals surface area contributed by atoms with Gasteiger partial charge in [0.05, 0.1) is 11.3 Å². The van der Waals surface area contributed by atoms with Gasteiger partial charge in [0.15, 0.2) is 0 Å². The van der Waals surface area contributed by atoms with Gasteiger partial charge < -0.3 is 16.8 Å². The first kappa shape index (κ1) is 13.3. The molecule has 0 bridgehead atoms. The van der Waals surface area contributed by atoms with Crippen molar-refractivity contribution in [2.45, 2.75) is 4.90 Å². The molecular formula is C14H15N3OS. The highest BCUT2D eigenvalue weighted by Crippen LogP contribution is 2.26. The Hall–Kier alpha value is -2.14. The van der Waals surface area contributed by atoms with Gasteiger partial charge in [-0.2, -0.15) is 0 Å². The summed E-state index contributed by atoms with van der Waals surface area (Å²) in [5, 5.41) is 3.18. The lowest BCUT2D eigenvalue weighted by Crippen LogP contribution is -2.13. The van der Waals surface area contributed by atoms with Crippen LogP contribution in [0.5, 0.6) is 0 Å². The molecule has 5 heteroatoms. The van der Waals surface area contributed by atoms with Crippen molar-refractivity contribution in [3.63, 3.8) is 0 Å². The van der Waals surface area contributed by atoms with Crippen molar-refractivity contribution in [2.75, 3.05) is 17.3 Å². The molecule has 0 saturated carbocycles. The van der Waals surface area contributed by atoms with Gasteiger partial charge in [-0.1, -0.05) is 6.07 Å². The molecule has 0 spiro atoms. The number of primary amides is 1. The van der Waals surface area contributed by atoms with E-state index in [1.165, 1.54) is 0 Å². The maximum absolute atomic E-state index is 11.4. The van der Waals surface area contributed by atoms with Crippen molar-refractivity contribution in [1.29, 1.82) is 0 Å². The monoisotopic (exact) mass is 273 g/mol. The van der Waals surface area contributed by atoms with Crippen molar-refractivity contribution in [2.24, 2.45) is 5.73 Å². The van der Waals surface area contributed by atoms with Gasteiger partial charge in [0.1, 0.15) is 0 Å². The molecule has 0 fully saturated rings.